The lowest BCUT2D eigenvalue weighted by Gasteiger charge is -2.21. The zero-order valence-corrected chi connectivity index (χ0v) is 17.1. The molecule has 2 aromatic rings. The number of carbonyl (C=O) groups is 1. The third-order valence-corrected chi connectivity index (χ3v) is 6.82. The maximum absolute atomic E-state index is 12.6. The van der Waals surface area contributed by atoms with Gasteiger partial charge in [-0.05, 0) is 56.7 Å². The second-order valence-electron chi connectivity index (χ2n) is 8.05. The molecule has 0 bridgehead atoms. The highest BCUT2D eigenvalue weighted by atomic mass is 32.1. The van der Waals surface area contributed by atoms with E-state index in [1.54, 1.807) is 16.0 Å². The maximum atomic E-state index is 12.6. The SMILES string of the molecule is Cc1nc(CN2CC[C@@H]3CN(C(=O)CCc4cnn(C)c4)C[C@@H]3CC2)cs1. The van der Waals surface area contributed by atoms with Crippen LogP contribution in [0.25, 0.3) is 0 Å². The number of rotatable bonds is 5. The lowest BCUT2D eigenvalue weighted by atomic mass is 9.92. The highest BCUT2D eigenvalue weighted by Gasteiger charge is 2.36. The smallest absolute Gasteiger partial charge is 0.222 e. The summed E-state index contributed by atoms with van der Waals surface area (Å²) in [6.07, 6.45) is 7.64. The van der Waals surface area contributed by atoms with Crippen LogP contribution in [0.15, 0.2) is 17.8 Å². The summed E-state index contributed by atoms with van der Waals surface area (Å²) < 4.78 is 1.80. The van der Waals surface area contributed by atoms with Crippen LogP contribution >= 0.6 is 11.3 Å². The minimum absolute atomic E-state index is 0.307. The van der Waals surface area contributed by atoms with Crippen LogP contribution in [0.5, 0.6) is 0 Å². The Morgan fingerprint density at radius 2 is 2.00 bits per heavy atom. The van der Waals surface area contributed by atoms with Crippen molar-refractivity contribution in [2.75, 3.05) is 26.2 Å². The minimum Gasteiger partial charge on any atom is -0.342 e. The first-order valence-electron chi connectivity index (χ1n) is 9.95. The van der Waals surface area contributed by atoms with Gasteiger partial charge in [-0.2, -0.15) is 5.10 Å². The van der Waals surface area contributed by atoms with Crippen molar-refractivity contribution in [3.8, 4) is 0 Å². The molecular weight excluding hydrogens is 358 g/mol. The molecule has 0 unspecified atom stereocenters. The number of amides is 1. The number of likely N-dealkylation sites (tertiary alicyclic amines) is 2. The molecular formula is C20H29N5OS. The number of aryl methyl sites for hydroxylation is 3. The molecule has 0 spiro atoms. The largest absolute Gasteiger partial charge is 0.342 e. The van der Waals surface area contributed by atoms with Gasteiger partial charge in [0.1, 0.15) is 0 Å². The van der Waals surface area contributed by atoms with Crippen molar-refractivity contribution in [2.24, 2.45) is 18.9 Å². The molecule has 2 atom stereocenters. The Morgan fingerprint density at radius 1 is 1.26 bits per heavy atom. The van der Waals surface area contributed by atoms with Crippen LogP contribution in [0.3, 0.4) is 0 Å². The average Bonchev–Trinajstić information content (AvgIpc) is 3.33. The Morgan fingerprint density at radius 3 is 2.59 bits per heavy atom. The molecule has 0 radical (unpaired) electrons. The molecule has 2 aromatic heterocycles. The molecule has 2 aliphatic heterocycles. The highest BCUT2D eigenvalue weighted by Crippen LogP contribution is 2.32. The number of hydrogen-bond donors (Lipinski definition) is 0. The van der Waals surface area contributed by atoms with E-state index in [1.807, 2.05) is 19.4 Å². The van der Waals surface area contributed by atoms with Crippen molar-refractivity contribution in [1.29, 1.82) is 0 Å². The van der Waals surface area contributed by atoms with E-state index in [-0.39, 0.29) is 0 Å². The van der Waals surface area contributed by atoms with E-state index in [0.29, 0.717) is 24.2 Å². The standard InChI is InChI=1S/C20H29N5OS/c1-15-22-19(14-27-15)13-24-7-5-17-11-25(12-18(17)6-8-24)20(26)4-3-16-9-21-23(2)10-16/h9-10,14,17-18H,3-8,11-13H2,1-2H3/t17-,18+. The number of carbonyl (C=O) groups excluding carboxylic acids is 1. The van der Waals surface area contributed by atoms with E-state index in [0.717, 1.165) is 49.7 Å². The van der Waals surface area contributed by atoms with Gasteiger partial charge in [-0.1, -0.05) is 0 Å². The van der Waals surface area contributed by atoms with E-state index in [9.17, 15) is 4.79 Å². The Kier molecular flexibility index (Phi) is 5.59. The number of aromatic nitrogens is 3. The van der Waals surface area contributed by atoms with Crippen molar-refractivity contribution < 1.29 is 4.79 Å². The zero-order valence-electron chi connectivity index (χ0n) is 16.3. The van der Waals surface area contributed by atoms with Crippen LogP contribution in [-0.4, -0.2) is 56.7 Å². The predicted octanol–water partition coefficient (Wildman–Crippen LogP) is 2.49. The van der Waals surface area contributed by atoms with Crippen LogP contribution in [0.4, 0.5) is 0 Å². The molecule has 2 aliphatic rings. The first kappa shape index (κ1) is 18.6. The van der Waals surface area contributed by atoms with Gasteiger partial charge in [0.2, 0.25) is 5.91 Å². The Balaban J connectivity index is 1.25. The summed E-state index contributed by atoms with van der Waals surface area (Å²) in [4.78, 5) is 21.9. The third-order valence-electron chi connectivity index (χ3n) is 6.00. The van der Waals surface area contributed by atoms with Crippen LogP contribution < -0.4 is 0 Å². The second-order valence-corrected chi connectivity index (χ2v) is 9.11. The van der Waals surface area contributed by atoms with Gasteiger partial charge >= 0.3 is 0 Å². The number of hydrogen-bond acceptors (Lipinski definition) is 5. The van der Waals surface area contributed by atoms with Gasteiger partial charge in [0.15, 0.2) is 0 Å². The number of fused-ring (bicyclic) bond motifs is 1. The topological polar surface area (TPSA) is 54.3 Å². The fourth-order valence-corrected chi connectivity index (χ4v) is 5.09. The van der Waals surface area contributed by atoms with Gasteiger partial charge in [-0.3, -0.25) is 14.4 Å². The molecule has 0 aromatic carbocycles. The fourth-order valence-electron chi connectivity index (χ4n) is 4.48. The fraction of sp³-hybridized carbons (Fsp3) is 0.650. The van der Waals surface area contributed by atoms with Crippen LogP contribution in [0.1, 0.15) is 35.5 Å². The minimum atomic E-state index is 0.307. The molecule has 27 heavy (non-hydrogen) atoms. The zero-order chi connectivity index (χ0) is 18.8. The number of nitrogens with zero attached hydrogens (tertiary/aromatic N) is 5. The molecule has 1 amide bonds. The first-order chi connectivity index (χ1) is 13.1. The molecule has 0 aliphatic carbocycles. The van der Waals surface area contributed by atoms with Gasteiger partial charge in [-0.15, -0.1) is 11.3 Å². The monoisotopic (exact) mass is 387 g/mol. The normalized spacial score (nSPS) is 23.4. The highest BCUT2D eigenvalue weighted by molar-refractivity contribution is 7.09. The summed E-state index contributed by atoms with van der Waals surface area (Å²) in [6.45, 7) is 7.17. The quantitative estimate of drug-likeness (QED) is 0.791. The summed E-state index contributed by atoms with van der Waals surface area (Å²) >= 11 is 1.74. The number of thiazole rings is 1. The second kappa shape index (κ2) is 8.10. The van der Waals surface area contributed by atoms with Crippen molar-refractivity contribution in [1.82, 2.24) is 24.6 Å². The van der Waals surface area contributed by atoms with Crippen LogP contribution in [0.2, 0.25) is 0 Å². The van der Waals surface area contributed by atoms with E-state index >= 15 is 0 Å². The van der Waals surface area contributed by atoms with Gasteiger partial charge < -0.3 is 4.90 Å². The molecule has 0 saturated carbocycles. The van der Waals surface area contributed by atoms with Crippen molar-refractivity contribution >= 4 is 17.2 Å². The Labute approximate surface area is 165 Å². The Bertz CT molecular complexity index is 769. The summed E-state index contributed by atoms with van der Waals surface area (Å²) in [5.41, 5.74) is 2.35. The summed E-state index contributed by atoms with van der Waals surface area (Å²) in [5, 5.41) is 7.52. The predicted molar refractivity (Wildman–Crippen MR) is 106 cm³/mol. The van der Waals surface area contributed by atoms with Gasteiger partial charge in [0, 0.05) is 44.7 Å². The summed E-state index contributed by atoms with van der Waals surface area (Å²) in [5.74, 6) is 1.63. The van der Waals surface area contributed by atoms with Gasteiger partial charge in [-0.25, -0.2) is 4.98 Å². The molecule has 4 rings (SSSR count). The Hall–Kier alpha value is -1.73. The van der Waals surface area contributed by atoms with Crippen molar-refractivity contribution in [3.63, 3.8) is 0 Å². The van der Waals surface area contributed by atoms with Crippen LogP contribution in [-0.2, 0) is 24.8 Å². The van der Waals surface area contributed by atoms with Crippen LogP contribution in [0, 0.1) is 18.8 Å². The van der Waals surface area contributed by atoms with E-state index < -0.39 is 0 Å². The van der Waals surface area contributed by atoms with Crippen molar-refractivity contribution in [3.05, 3.63) is 34.0 Å². The van der Waals surface area contributed by atoms with E-state index in [4.69, 9.17) is 0 Å². The van der Waals surface area contributed by atoms with E-state index in [2.05, 4.69) is 32.2 Å². The van der Waals surface area contributed by atoms with E-state index in [1.165, 1.54) is 18.5 Å². The molecule has 2 fully saturated rings. The van der Waals surface area contributed by atoms with Gasteiger partial charge in [0.05, 0.1) is 16.9 Å². The molecule has 4 heterocycles. The maximum Gasteiger partial charge on any atom is 0.222 e. The average molecular weight is 388 g/mol. The molecule has 0 N–H and O–H groups in total. The molecule has 2 saturated heterocycles. The lowest BCUT2D eigenvalue weighted by Crippen LogP contribution is -2.31. The molecule has 146 valence electrons. The lowest BCUT2D eigenvalue weighted by molar-refractivity contribution is -0.130. The third kappa shape index (κ3) is 4.58. The summed E-state index contributed by atoms with van der Waals surface area (Å²) in [6, 6.07) is 0. The van der Waals surface area contributed by atoms with Crippen molar-refractivity contribution in [2.45, 2.75) is 39.2 Å². The first-order valence-corrected chi connectivity index (χ1v) is 10.8. The van der Waals surface area contributed by atoms with Gasteiger partial charge in [0.25, 0.3) is 0 Å². The molecule has 7 heteroatoms. The summed E-state index contributed by atoms with van der Waals surface area (Å²) in [7, 11) is 1.92. The molecule has 6 nitrogen and oxygen atoms in total.